The van der Waals surface area contributed by atoms with Crippen molar-refractivity contribution in [3.63, 3.8) is 0 Å². The van der Waals surface area contributed by atoms with E-state index in [1.807, 2.05) is 91.9 Å². The molecular weight excluding hydrogens is 553 g/mol. The Hall–Kier alpha value is -4.06. The minimum Gasteiger partial charge on any atom is -0.277 e. The van der Waals surface area contributed by atoms with Crippen LogP contribution in [0.15, 0.2) is 127 Å². The van der Waals surface area contributed by atoms with Gasteiger partial charge in [-0.15, -0.1) is 0 Å². The summed E-state index contributed by atoms with van der Waals surface area (Å²) in [7, 11) is 0. The van der Waals surface area contributed by atoms with Crippen molar-refractivity contribution in [1.82, 2.24) is 9.91 Å². The summed E-state index contributed by atoms with van der Waals surface area (Å²) in [6, 6.07) is 24.6. The normalized spacial score (nSPS) is 24.1. The van der Waals surface area contributed by atoms with E-state index in [1.165, 1.54) is 4.90 Å². The lowest BCUT2D eigenvalue weighted by molar-refractivity contribution is -0.137. The second kappa shape index (κ2) is 11.1. The number of allylic oxidation sites excluding steroid dienone is 5. The van der Waals surface area contributed by atoms with Crippen LogP contribution in [0.3, 0.4) is 0 Å². The van der Waals surface area contributed by atoms with Gasteiger partial charge in [0.1, 0.15) is 6.04 Å². The van der Waals surface area contributed by atoms with Gasteiger partial charge in [0.15, 0.2) is 0 Å². The maximum absolute atomic E-state index is 14.4. The quantitative estimate of drug-likeness (QED) is 0.219. The Kier molecular flexibility index (Phi) is 7.33. The van der Waals surface area contributed by atoms with E-state index in [0.717, 1.165) is 22.5 Å². The number of anilines is 1. The molecule has 41 heavy (non-hydrogen) atoms. The average Bonchev–Trinajstić information content (AvgIpc) is 3.48. The van der Waals surface area contributed by atoms with Gasteiger partial charge in [-0.1, -0.05) is 90.5 Å². The molecule has 0 aromatic heterocycles. The molecule has 3 heterocycles. The van der Waals surface area contributed by atoms with Gasteiger partial charge in [0.25, 0.3) is 5.91 Å². The zero-order valence-corrected chi connectivity index (χ0v) is 24.0. The standard InChI is InChI=1S/C34H29Cl2N3O2/c1-3-8-26(9-4-2)37-33(40)31-29(22-12-16-24(35)17-13-22)20-28-21-30(23-14-18-25(36)19-15-23)38(27-10-6-5-7-11-27)39(28)32(31)34(37)41/h3-20,29-32H,1,21H2,2H3. The Bertz CT molecular complexity index is 1580. The van der Waals surface area contributed by atoms with Crippen LogP contribution in [-0.2, 0) is 9.59 Å². The van der Waals surface area contributed by atoms with Crippen LogP contribution in [0.2, 0.25) is 10.0 Å². The van der Waals surface area contributed by atoms with Gasteiger partial charge in [0.05, 0.1) is 23.3 Å². The summed E-state index contributed by atoms with van der Waals surface area (Å²) in [6.45, 7) is 5.67. The van der Waals surface area contributed by atoms with Gasteiger partial charge < -0.3 is 0 Å². The average molecular weight is 583 g/mol. The van der Waals surface area contributed by atoms with E-state index in [0.29, 0.717) is 22.2 Å². The molecule has 3 aliphatic rings. The first kappa shape index (κ1) is 27.1. The number of amides is 2. The van der Waals surface area contributed by atoms with Crippen LogP contribution in [0, 0.1) is 5.92 Å². The second-order valence-corrected chi connectivity index (χ2v) is 11.2. The highest BCUT2D eigenvalue weighted by Crippen LogP contribution is 2.52. The molecule has 3 aromatic rings. The molecule has 4 atom stereocenters. The number of hydrogen-bond donors (Lipinski definition) is 0. The van der Waals surface area contributed by atoms with Crippen molar-refractivity contribution in [2.24, 2.45) is 5.92 Å². The molecule has 6 rings (SSSR count). The molecule has 0 spiro atoms. The molecule has 206 valence electrons. The molecule has 0 N–H and O–H groups in total. The van der Waals surface area contributed by atoms with E-state index in [1.54, 1.807) is 18.2 Å². The lowest BCUT2D eigenvalue weighted by Gasteiger charge is -2.43. The Morgan fingerprint density at radius 2 is 1.49 bits per heavy atom. The Labute approximate surface area is 250 Å². The number of fused-ring (bicyclic) bond motifs is 3. The van der Waals surface area contributed by atoms with Crippen LogP contribution in [0.4, 0.5) is 5.69 Å². The molecular formula is C34H29Cl2N3O2. The molecule has 4 unspecified atom stereocenters. The highest BCUT2D eigenvalue weighted by molar-refractivity contribution is 6.30. The lowest BCUT2D eigenvalue weighted by Crippen LogP contribution is -2.53. The summed E-state index contributed by atoms with van der Waals surface area (Å²) in [4.78, 5) is 30.1. The second-order valence-electron chi connectivity index (χ2n) is 10.3. The molecule has 5 nitrogen and oxygen atoms in total. The predicted molar refractivity (Wildman–Crippen MR) is 164 cm³/mol. The summed E-state index contributed by atoms with van der Waals surface area (Å²) in [5.41, 5.74) is 4.46. The van der Waals surface area contributed by atoms with Gasteiger partial charge in [-0.05, 0) is 66.6 Å². The highest BCUT2D eigenvalue weighted by Gasteiger charge is 2.60. The minimum absolute atomic E-state index is 0.0961. The van der Waals surface area contributed by atoms with Gasteiger partial charge in [0, 0.05) is 28.1 Å². The number of likely N-dealkylation sites (tertiary alicyclic amines) is 1. The maximum Gasteiger partial charge on any atom is 0.259 e. The lowest BCUT2D eigenvalue weighted by atomic mass is 9.78. The van der Waals surface area contributed by atoms with E-state index in [-0.39, 0.29) is 23.8 Å². The Balaban J connectivity index is 1.55. The number of hydrogen-bond acceptors (Lipinski definition) is 4. The molecule has 2 fully saturated rings. The van der Waals surface area contributed by atoms with Gasteiger partial charge in [-0.25, -0.2) is 4.90 Å². The summed E-state index contributed by atoms with van der Waals surface area (Å²) < 4.78 is 0. The Morgan fingerprint density at radius 1 is 0.854 bits per heavy atom. The topological polar surface area (TPSA) is 43.9 Å². The zero-order chi connectivity index (χ0) is 28.7. The number of carbonyl (C=O) groups excluding carboxylic acids is 2. The Morgan fingerprint density at radius 3 is 2.10 bits per heavy atom. The summed E-state index contributed by atoms with van der Waals surface area (Å²) >= 11 is 12.5. The molecule has 3 aromatic carbocycles. The van der Waals surface area contributed by atoms with E-state index in [9.17, 15) is 9.59 Å². The molecule has 2 saturated heterocycles. The van der Waals surface area contributed by atoms with E-state index in [2.05, 4.69) is 22.7 Å². The highest BCUT2D eigenvalue weighted by atomic mass is 35.5. The summed E-state index contributed by atoms with van der Waals surface area (Å²) in [5, 5.41) is 5.52. The van der Waals surface area contributed by atoms with Crippen LogP contribution in [0.25, 0.3) is 0 Å². The van der Waals surface area contributed by atoms with Crippen LogP contribution < -0.4 is 5.01 Å². The third-order valence-corrected chi connectivity index (χ3v) is 8.48. The molecule has 0 radical (unpaired) electrons. The van der Waals surface area contributed by atoms with Gasteiger partial charge in [-0.2, -0.15) is 0 Å². The molecule has 0 bridgehead atoms. The van der Waals surface area contributed by atoms with Gasteiger partial charge in [-0.3, -0.25) is 19.6 Å². The first-order valence-electron chi connectivity index (χ1n) is 13.6. The van der Waals surface area contributed by atoms with Crippen molar-refractivity contribution in [3.05, 3.63) is 148 Å². The minimum atomic E-state index is -0.737. The van der Waals surface area contributed by atoms with Crippen molar-refractivity contribution in [2.75, 3.05) is 5.01 Å². The largest absolute Gasteiger partial charge is 0.277 e. The van der Waals surface area contributed by atoms with Gasteiger partial charge >= 0.3 is 0 Å². The number of para-hydroxylation sites is 1. The fraction of sp³-hybridized carbons (Fsp3) is 0.176. The van der Waals surface area contributed by atoms with Crippen LogP contribution >= 0.6 is 23.2 Å². The third-order valence-electron chi connectivity index (χ3n) is 7.98. The third kappa shape index (κ3) is 4.69. The molecule has 2 amide bonds. The van der Waals surface area contributed by atoms with E-state index in [4.69, 9.17) is 23.2 Å². The number of halogens is 2. The van der Waals surface area contributed by atoms with Gasteiger partial charge in [0.2, 0.25) is 5.91 Å². The van der Waals surface area contributed by atoms with Crippen molar-refractivity contribution < 1.29 is 9.59 Å². The molecule has 7 heteroatoms. The van der Waals surface area contributed by atoms with Crippen molar-refractivity contribution in [3.8, 4) is 0 Å². The van der Waals surface area contributed by atoms with Crippen LogP contribution in [0.5, 0.6) is 0 Å². The predicted octanol–water partition coefficient (Wildman–Crippen LogP) is 7.84. The number of rotatable bonds is 6. The van der Waals surface area contributed by atoms with E-state index >= 15 is 0 Å². The first-order valence-corrected chi connectivity index (χ1v) is 14.4. The number of hydrazine groups is 1. The van der Waals surface area contributed by atoms with Crippen LogP contribution in [-0.4, -0.2) is 27.8 Å². The molecule has 0 aliphatic carbocycles. The molecule has 3 aliphatic heterocycles. The van der Waals surface area contributed by atoms with Crippen LogP contribution in [0.1, 0.15) is 36.4 Å². The fourth-order valence-corrected chi connectivity index (χ4v) is 6.54. The summed E-state index contributed by atoms with van der Waals surface area (Å²) in [6.07, 6.45) is 9.72. The van der Waals surface area contributed by atoms with Crippen molar-refractivity contribution >= 4 is 40.7 Å². The maximum atomic E-state index is 14.4. The molecule has 0 saturated carbocycles. The fourth-order valence-electron chi connectivity index (χ4n) is 6.29. The number of carbonyl (C=O) groups is 2. The first-order chi connectivity index (χ1) is 19.9. The number of nitrogens with zero attached hydrogens (tertiary/aromatic N) is 3. The van der Waals surface area contributed by atoms with E-state index < -0.39 is 12.0 Å². The SMILES string of the molecule is C=CC=C(C=CC)N1C(=O)C2C(c3ccc(Cl)cc3)C=C3CC(c4ccc(Cl)cc4)N(c4ccccc4)N3C2C1=O. The number of imide groups is 1. The smallest absolute Gasteiger partial charge is 0.259 e. The summed E-state index contributed by atoms with van der Waals surface area (Å²) in [5.74, 6) is -1.43. The monoisotopic (exact) mass is 581 g/mol. The van der Waals surface area contributed by atoms with Crippen molar-refractivity contribution in [1.29, 1.82) is 0 Å². The van der Waals surface area contributed by atoms with Crippen molar-refractivity contribution in [2.45, 2.75) is 31.3 Å². The number of benzene rings is 3. The zero-order valence-electron chi connectivity index (χ0n) is 22.5.